The van der Waals surface area contributed by atoms with Crippen molar-refractivity contribution in [1.29, 1.82) is 0 Å². The van der Waals surface area contributed by atoms with Crippen LogP contribution in [0.1, 0.15) is 18.4 Å². The molecule has 2 rings (SSSR count). The van der Waals surface area contributed by atoms with Crippen LogP contribution in [0.5, 0.6) is 0 Å². The molecule has 1 fully saturated rings. The molecule has 1 saturated heterocycles. The zero-order valence-electron chi connectivity index (χ0n) is 8.86. The van der Waals surface area contributed by atoms with Crippen LogP contribution in [-0.4, -0.2) is 27.5 Å². The van der Waals surface area contributed by atoms with Crippen molar-refractivity contribution in [2.24, 2.45) is 0 Å². The maximum absolute atomic E-state index is 5.73. The average Bonchev–Trinajstić information content (AvgIpc) is 2.26. The number of thioether (sulfide) groups is 1. The van der Waals surface area contributed by atoms with Gasteiger partial charge >= 0.3 is 0 Å². The first kappa shape index (κ1) is 10.5. The van der Waals surface area contributed by atoms with Gasteiger partial charge in [-0.3, -0.25) is 0 Å². The Kier molecular flexibility index (Phi) is 3.30. The molecule has 5 heteroatoms. The number of rotatable bonds is 2. The highest BCUT2D eigenvalue weighted by atomic mass is 32.2. The van der Waals surface area contributed by atoms with Crippen molar-refractivity contribution in [2.75, 3.05) is 22.6 Å². The molecule has 15 heavy (non-hydrogen) atoms. The second-order valence-corrected chi connectivity index (χ2v) is 4.99. The quantitative estimate of drug-likeness (QED) is 0.800. The first-order valence-corrected chi connectivity index (χ1v) is 6.34. The number of nitrogens with two attached hydrogens (primary N) is 1. The number of anilines is 2. The van der Waals surface area contributed by atoms with Crippen LogP contribution in [-0.2, 0) is 0 Å². The fourth-order valence-corrected chi connectivity index (χ4v) is 2.75. The van der Waals surface area contributed by atoms with Crippen LogP contribution in [0, 0.1) is 6.92 Å². The van der Waals surface area contributed by atoms with E-state index in [9.17, 15) is 0 Å². The van der Waals surface area contributed by atoms with E-state index in [1.807, 2.05) is 18.7 Å². The summed E-state index contributed by atoms with van der Waals surface area (Å²) in [5, 5.41) is 3.45. The molecule has 0 unspecified atom stereocenters. The second-order valence-electron chi connectivity index (χ2n) is 3.76. The normalized spacial score (nSPS) is 17.7. The maximum Gasteiger partial charge on any atom is 0.134 e. The van der Waals surface area contributed by atoms with E-state index >= 15 is 0 Å². The van der Waals surface area contributed by atoms with E-state index in [4.69, 9.17) is 5.73 Å². The number of nitrogens with zero attached hydrogens (tertiary/aromatic N) is 2. The van der Waals surface area contributed by atoms with Crippen molar-refractivity contribution in [2.45, 2.75) is 25.8 Å². The fourth-order valence-electron chi connectivity index (χ4n) is 1.64. The molecule has 1 aromatic rings. The Morgan fingerprint density at radius 2 is 2.13 bits per heavy atom. The second kappa shape index (κ2) is 4.70. The number of nitrogens with one attached hydrogen (secondary N) is 1. The summed E-state index contributed by atoms with van der Waals surface area (Å²) in [5.74, 6) is 3.92. The van der Waals surface area contributed by atoms with Crippen LogP contribution < -0.4 is 11.1 Å². The van der Waals surface area contributed by atoms with Crippen molar-refractivity contribution < 1.29 is 0 Å². The molecule has 2 heterocycles. The van der Waals surface area contributed by atoms with Crippen LogP contribution in [0.2, 0.25) is 0 Å². The van der Waals surface area contributed by atoms with Gasteiger partial charge in [0.05, 0.1) is 0 Å². The van der Waals surface area contributed by atoms with Gasteiger partial charge in [0.1, 0.15) is 18.0 Å². The van der Waals surface area contributed by atoms with Crippen LogP contribution >= 0.6 is 11.8 Å². The fraction of sp³-hybridized carbons (Fsp3) is 0.600. The molecule has 0 atom stereocenters. The Balaban J connectivity index is 2.06. The average molecular weight is 224 g/mol. The summed E-state index contributed by atoms with van der Waals surface area (Å²) in [5.41, 5.74) is 6.68. The Morgan fingerprint density at radius 3 is 2.87 bits per heavy atom. The molecule has 0 amide bonds. The zero-order valence-corrected chi connectivity index (χ0v) is 9.68. The van der Waals surface area contributed by atoms with E-state index in [2.05, 4.69) is 15.3 Å². The summed E-state index contributed by atoms with van der Waals surface area (Å²) in [4.78, 5) is 8.18. The molecule has 82 valence electrons. The molecule has 0 spiro atoms. The molecule has 0 bridgehead atoms. The zero-order chi connectivity index (χ0) is 10.7. The minimum absolute atomic E-state index is 0.541. The lowest BCUT2D eigenvalue weighted by Crippen LogP contribution is -2.25. The van der Waals surface area contributed by atoms with Crippen molar-refractivity contribution in [1.82, 2.24) is 9.97 Å². The van der Waals surface area contributed by atoms with Crippen molar-refractivity contribution >= 4 is 23.4 Å². The minimum Gasteiger partial charge on any atom is -0.383 e. The summed E-state index contributed by atoms with van der Waals surface area (Å²) in [7, 11) is 0. The molecular weight excluding hydrogens is 208 g/mol. The van der Waals surface area contributed by atoms with E-state index in [0.29, 0.717) is 11.9 Å². The number of nitrogen functional groups attached to an aromatic ring is 1. The Morgan fingerprint density at radius 1 is 1.40 bits per heavy atom. The molecule has 0 aliphatic carbocycles. The van der Waals surface area contributed by atoms with Gasteiger partial charge in [-0.25, -0.2) is 9.97 Å². The van der Waals surface area contributed by atoms with Crippen molar-refractivity contribution in [3.63, 3.8) is 0 Å². The third-order valence-corrected chi connectivity index (χ3v) is 3.73. The molecule has 1 aliphatic heterocycles. The third-order valence-electron chi connectivity index (χ3n) is 2.69. The third kappa shape index (κ3) is 2.53. The van der Waals surface area contributed by atoms with Crippen LogP contribution in [0.15, 0.2) is 6.33 Å². The Hall–Kier alpha value is -0.970. The Labute approximate surface area is 94.1 Å². The largest absolute Gasteiger partial charge is 0.383 e. The standard InChI is InChI=1S/C10H16N4S/c1-7-9(11)12-6-13-10(7)14-8-2-4-15-5-3-8/h6,8H,2-5H2,1H3,(H3,11,12,13,14). The lowest BCUT2D eigenvalue weighted by molar-refractivity contribution is 0.662. The minimum atomic E-state index is 0.541. The van der Waals surface area contributed by atoms with Gasteiger partial charge < -0.3 is 11.1 Å². The van der Waals surface area contributed by atoms with E-state index in [0.717, 1.165) is 11.4 Å². The van der Waals surface area contributed by atoms with Gasteiger partial charge in [0.15, 0.2) is 0 Å². The highest BCUT2D eigenvalue weighted by Gasteiger charge is 2.15. The van der Waals surface area contributed by atoms with Crippen molar-refractivity contribution in [3.05, 3.63) is 11.9 Å². The van der Waals surface area contributed by atoms with Gasteiger partial charge in [-0.2, -0.15) is 11.8 Å². The summed E-state index contributed by atoms with van der Waals surface area (Å²) < 4.78 is 0. The van der Waals surface area contributed by atoms with Gasteiger partial charge in [-0.15, -0.1) is 0 Å². The molecule has 3 N–H and O–H groups in total. The first-order chi connectivity index (χ1) is 7.27. The van der Waals surface area contributed by atoms with E-state index in [1.165, 1.54) is 30.7 Å². The molecule has 0 radical (unpaired) electrons. The monoisotopic (exact) mass is 224 g/mol. The summed E-state index contributed by atoms with van der Waals surface area (Å²) in [6.45, 7) is 1.95. The van der Waals surface area contributed by atoms with Crippen LogP contribution in [0.4, 0.5) is 11.6 Å². The van der Waals surface area contributed by atoms with Crippen LogP contribution in [0.25, 0.3) is 0 Å². The highest BCUT2D eigenvalue weighted by molar-refractivity contribution is 7.99. The molecule has 4 nitrogen and oxygen atoms in total. The van der Waals surface area contributed by atoms with Gasteiger partial charge in [0.2, 0.25) is 0 Å². The Bertz CT molecular complexity index is 336. The maximum atomic E-state index is 5.73. The van der Waals surface area contributed by atoms with Gasteiger partial charge in [-0.05, 0) is 31.3 Å². The predicted octanol–water partition coefficient (Wildman–Crippen LogP) is 1.67. The molecular formula is C10H16N4S. The van der Waals surface area contributed by atoms with E-state index < -0.39 is 0 Å². The SMILES string of the molecule is Cc1c(N)ncnc1NC1CCSCC1. The summed E-state index contributed by atoms with van der Waals surface area (Å²) >= 11 is 2.02. The molecule has 1 aliphatic rings. The topological polar surface area (TPSA) is 63.8 Å². The smallest absolute Gasteiger partial charge is 0.134 e. The van der Waals surface area contributed by atoms with E-state index in [-0.39, 0.29) is 0 Å². The number of hydrogen-bond donors (Lipinski definition) is 2. The van der Waals surface area contributed by atoms with Crippen molar-refractivity contribution in [3.8, 4) is 0 Å². The van der Waals surface area contributed by atoms with Gasteiger partial charge in [0, 0.05) is 11.6 Å². The van der Waals surface area contributed by atoms with E-state index in [1.54, 1.807) is 0 Å². The lowest BCUT2D eigenvalue weighted by Gasteiger charge is -2.23. The number of hydrogen-bond acceptors (Lipinski definition) is 5. The predicted molar refractivity (Wildman–Crippen MR) is 65.2 cm³/mol. The summed E-state index contributed by atoms with van der Waals surface area (Å²) in [6, 6.07) is 0.541. The molecule has 0 saturated carbocycles. The van der Waals surface area contributed by atoms with Gasteiger partial charge in [0.25, 0.3) is 0 Å². The lowest BCUT2D eigenvalue weighted by atomic mass is 10.1. The number of aromatic nitrogens is 2. The highest BCUT2D eigenvalue weighted by Crippen LogP contribution is 2.22. The first-order valence-electron chi connectivity index (χ1n) is 5.18. The molecule has 1 aromatic heterocycles. The summed E-state index contributed by atoms with van der Waals surface area (Å²) in [6.07, 6.45) is 3.92. The molecule has 0 aromatic carbocycles. The van der Waals surface area contributed by atoms with Gasteiger partial charge in [-0.1, -0.05) is 0 Å². The van der Waals surface area contributed by atoms with Crippen LogP contribution in [0.3, 0.4) is 0 Å².